The number of fused-ring (bicyclic) bond motifs is 1. The molecule has 5 heteroatoms. The van der Waals surface area contributed by atoms with Crippen LogP contribution in [-0.4, -0.2) is 16.0 Å². The predicted octanol–water partition coefficient (Wildman–Crippen LogP) is 3.85. The zero-order chi connectivity index (χ0) is 14.8. The van der Waals surface area contributed by atoms with E-state index in [0.717, 1.165) is 10.8 Å². The number of nitrogens with zero attached hydrogens (tertiary/aromatic N) is 1. The lowest BCUT2D eigenvalue weighted by atomic mass is 10.1. The SMILES string of the molecule is O=C(Nc1cncc2cc(Cl)ccc12)c1ccc(O)cc1. The number of hydrogen-bond donors (Lipinski definition) is 2. The van der Waals surface area contributed by atoms with Crippen LogP contribution in [0, 0.1) is 0 Å². The fourth-order valence-corrected chi connectivity index (χ4v) is 2.23. The van der Waals surface area contributed by atoms with E-state index in [9.17, 15) is 9.90 Å². The monoisotopic (exact) mass is 298 g/mol. The summed E-state index contributed by atoms with van der Waals surface area (Å²) in [7, 11) is 0. The first kappa shape index (κ1) is 13.4. The second kappa shape index (κ2) is 5.42. The number of carbonyl (C=O) groups excluding carboxylic acids is 1. The summed E-state index contributed by atoms with van der Waals surface area (Å²) < 4.78 is 0. The molecule has 0 spiro atoms. The minimum atomic E-state index is -0.265. The second-order valence-electron chi connectivity index (χ2n) is 4.55. The molecule has 21 heavy (non-hydrogen) atoms. The summed E-state index contributed by atoms with van der Waals surface area (Å²) in [5.41, 5.74) is 1.07. The van der Waals surface area contributed by atoms with Crippen molar-refractivity contribution in [3.63, 3.8) is 0 Å². The van der Waals surface area contributed by atoms with Crippen LogP contribution in [-0.2, 0) is 0 Å². The Kier molecular flexibility index (Phi) is 3.46. The van der Waals surface area contributed by atoms with Gasteiger partial charge in [-0.1, -0.05) is 17.7 Å². The van der Waals surface area contributed by atoms with Gasteiger partial charge >= 0.3 is 0 Å². The maximum absolute atomic E-state index is 12.2. The van der Waals surface area contributed by atoms with Crippen molar-refractivity contribution >= 4 is 34.0 Å². The minimum absolute atomic E-state index is 0.119. The van der Waals surface area contributed by atoms with Crippen LogP contribution in [0.4, 0.5) is 5.69 Å². The standard InChI is InChI=1S/C16H11ClN2O2/c17-12-3-6-14-11(7-12)8-18-9-15(14)19-16(21)10-1-4-13(20)5-2-10/h1-9,20H,(H,19,21). The highest BCUT2D eigenvalue weighted by Crippen LogP contribution is 2.25. The van der Waals surface area contributed by atoms with E-state index in [4.69, 9.17) is 11.6 Å². The summed E-state index contributed by atoms with van der Waals surface area (Å²) in [4.78, 5) is 16.3. The van der Waals surface area contributed by atoms with Crippen molar-refractivity contribution in [2.24, 2.45) is 0 Å². The van der Waals surface area contributed by atoms with E-state index in [1.807, 2.05) is 6.07 Å². The quantitative estimate of drug-likeness (QED) is 0.755. The van der Waals surface area contributed by atoms with Crippen LogP contribution in [0.2, 0.25) is 5.02 Å². The summed E-state index contributed by atoms with van der Waals surface area (Å²) in [5.74, 6) is -0.146. The van der Waals surface area contributed by atoms with Crippen LogP contribution in [0.3, 0.4) is 0 Å². The summed E-state index contributed by atoms with van der Waals surface area (Å²) >= 11 is 5.95. The van der Waals surface area contributed by atoms with Crippen LogP contribution < -0.4 is 5.32 Å². The molecule has 0 bridgehead atoms. The Morgan fingerprint density at radius 3 is 2.62 bits per heavy atom. The fraction of sp³-hybridized carbons (Fsp3) is 0. The van der Waals surface area contributed by atoms with Gasteiger partial charge in [0.05, 0.1) is 11.9 Å². The third kappa shape index (κ3) is 2.80. The predicted molar refractivity (Wildman–Crippen MR) is 82.8 cm³/mol. The van der Waals surface area contributed by atoms with Crippen molar-refractivity contribution in [3.05, 3.63) is 65.4 Å². The van der Waals surface area contributed by atoms with Crippen molar-refractivity contribution in [1.82, 2.24) is 4.98 Å². The van der Waals surface area contributed by atoms with E-state index < -0.39 is 0 Å². The number of phenols is 1. The van der Waals surface area contributed by atoms with E-state index >= 15 is 0 Å². The van der Waals surface area contributed by atoms with Crippen molar-refractivity contribution < 1.29 is 9.90 Å². The number of nitrogens with one attached hydrogen (secondary N) is 1. The highest BCUT2D eigenvalue weighted by Gasteiger charge is 2.09. The average molecular weight is 299 g/mol. The van der Waals surface area contributed by atoms with E-state index in [1.54, 1.807) is 36.7 Å². The first-order valence-corrected chi connectivity index (χ1v) is 6.65. The molecular formula is C16H11ClN2O2. The van der Waals surface area contributed by atoms with Gasteiger partial charge in [0, 0.05) is 27.6 Å². The molecule has 0 unspecified atom stereocenters. The highest BCUT2D eigenvalue weighted by atomic mass is 35.5. The molecule has 3 rings (SSSR count). The van der Waals surface area contributed by atoms with Gasteiger partial charge in [-0.15, -0.1) is 0 Å². The average Bonchev–Trinajstić information content (AvgIpc) is 2.47. The molecule has 1 amide bonds. The van der Waals surface area contributed by atoms with Crippen LogP contribution in [0.25, 0.3) is 10.8 Å². The molecule has 0 aliphatic rings. The number of carbonyl (C=O) groups is 1. The number of aromatic hydroxyl groups is 1. The van der Waals surface area contributed by atoms with Crippen LogP contribution >= 0.6 is 11.6 Å². The van der Waals surface area contributed by atoms with Gasteiger partial charge in [-0.3, -0.25) is 9.78 Å². The number of halogens is 1. The van der Waals surface area contributed by atoms with E-state index in [0.29, 0.717) is 16.3 Å². The van der Waals surface area contributed by atoms with Crippen LogP contribution in [0.5, 0.6) is 5.75 Å². The zero-order valence-electron chi connectivity index (χ0n) is 10.9. The summed E-state index contributed by atoms with van der Waals surface area (Å²) in [6.45, 7) is 0. The van der Waals surface area contributed by atoms with Gasteiger partial charge in [0.25, 0.3) is 5.91 Å². The minimum Gasteiger partial charge on any atom is -0.508 e. The maximum Gasteiger partial charge on any atom is 0.255 e. The normalized spacial score (nSPS) is 10.5. The lowest BCUT2D eigenvalue weighted by molar-refractivity contribution is 0.102. The third-order valence-electron chi connectivity index (χ3n) is 3.10. The molecule has 2 N–H and O–H groups in total. The Hall–Kier alpha value is -2.59. The number of rotatable bonds is 2. The first-order chi connectivity index (χ1) is 10.1. The molecule has 104 valence electrons. The molecule has 0 aliphatic heterocycles. The van der Waals surface area contributed by atoms with Gasteiger partial charge in [-0.25, -0.2) is 0 Å². The van der Waals surface area contributed by atoms with Gasteiger partial charge in [0.2, 0.25) is 0 Å². The summed E-state index contributed by atoms with van der Waals surface area (Å²) in [6.07, 6.45) is 3.28. The van der Waals surface area contributed by atoms with Crippen molar-refractivity contribution in [2.45, 2.75) is 0 Å². The summed E-state index contributed by atoms with van der Waals surface area (Å²) in [5, 5.41) is 14.4. The number of benzene rings is 2. The molecule has 0 atom stereocenters. The molecule has 1 heterocycles. The van der Waals surface area contributed by atoms with Gasteiger partial charge in [-0.05, 0) is 36.4 Å². The molecule has 2 aromatic carbocycles. The molecule has 0 saturated carbocycles. The second-order valence-corrected chi connectivity index (χ2v) is 4.99. The van der Waals surface area contributed by atoms with Gasteiger partial charge in [0.15, 0.2) is 0 Å². The first-order valence-electron chi connectivity index (χ1n) is 6.27. The largest absolute Gasteiger partial charge is 0.508 e. The molecule has 1 aromatic heterocycles. The van der Waals surface area contributed by atoms with Gasteiger partial charge < -0.3 is 10.4 Å². The van der Waals surface area contributed by atoms with E-state index in [-0.39, 0.29) is 11.7 Å². The molecule has 0 saturated heterocycles. The van der Waals surface area contributed by atoms with Crippen molar-refractivity contribution in [2.75, 3.05) is 5.32 Å². The van der Waals surface area contributed by atoms with Crippen LogP contribution in [0.1, 0.15) is 10.4 Å². The molecule has 0 fully saturated rings. The molecule has 0 aliphatic carbocycles. The Bertz CT molecular complexity index is 816. The third-order valence-corrected chi connectivity index (χ3v) is 3.33. The highest BCUT2D eigenvalue weighted by molar-refractivity contribution is 6.31. The lowest BCUT2D eigenvalue weighted by Crippen LogP contribution is -2.12. The molecule has 0 radical (unpaired) electrons. The molecule has 4 nitrogen and oxygen atoms in total. The fourth-order valence-electron chi connectivity index (χ4n) is 2.05. The van der Waals surface area contributed by atoms with Gasteiger partial charge in [0.1, 0.15) is 5.75 Å². The molecule has 3 aromatic rings. The molecular weight excluding hydrogens is 288 g/mol. The van der Waals surface area contributed by atoms with Crippen LogP contribution in [0.15, 0.2) is 54.9 Å². The number of amides is 1. The topological polar surface area (TPSA) is 62.2 Å². The number of hydrogen-bond acceptors (Lipinski definition) is 3. The number of anilines is 1. The van der Waals surface area contributed by atoms with E-state index in [2.05, 4.69) is 10.3 Å². The Morgan fingerprint density at radius 2 is 1.86 bits per heavy atom. The summed E-state index contributed by atoms with van der Waals surface area (Å²) in [6, 6.07) is 11.4. The maximum atomic E-state index is 12.2. The van der Waals surface area contributed by atoms with Crippen molar-refractivity contribution in [3.8, 4) is 5.75 Å². The van der Waals surface area contributed by atoms with E-state index in [1.165, 1.54) is 12.1 Å². The number of phenolic OH excluding ortho intramolecular Hbond substituents is 1. The Labute approximate surface area is 126 Å². The Morgan fingerprint density at radius 1 is 1.10 bits per heavy atom. The zero-order valence-corrected chi connectivity index (χ0v) is 11.6. The van der Waals surface area contributed by atoms with Crippen molar-refractivity contribution in [1.29, 1.82) is 0 Å². The smallest absolute Gasteiger partial charge is 0.255 e. The number of pyridine rings is 1. The number of aromatic nitrogens is 1. The lowest BCUT2D eigenvalue weighted by Gasteiger charge is -2.08. The van der Waals surface area contributed by atoms with Gasteiger partial charge in [-0.2, -0.15) is 0 Å². The Balaban J connectivity index is 1.94.